The minimum Gasteiger partial charge on any atom is -0.508 e. The number of rotatable bonds is 5. The second-order valence-electron chi connectivity index (χ2n) is 6.29. The fraction of sp³-hybridized carbons (Fsp3) is 0.0476. The zero-order chi connectivity index (χ0) is 21.7. The Morgan fingerprint density at radius 3 is 2.13 bits per heavy atom. The highest BCUT2D eigenvalue weighted by molar-refractivity contribution is 7.92. The molecule has 1 amide bonds. The van der Waals surface area contributed by atoms with Crippen LogP contribution in [-0.2, 0) is 10.0 Å². The van der Waals surface area contributed by atoms with Gasteiger partial charge in [0.2, 0.25) is 0 Å². The maximum atomic E-state index is 12.8. The number of benzene rings is 3. The fourth-order valence-electron chi connectivity index (χ4n) is 2.60. The topological polar surface area (TPSA) is 98.7 Å². The summed E-state index contributed by atoms with van der Waals surface area (Å²) in [5.41, 5.74) is 1.41. The third-order valence-corrected chi connectivity index (χ3v) is 6.25. The minimum absolute atomic E-state index is 0.0557. The number of carbonyl (C=O) groups is 1. The van der Waals surface area contributed by atoms with Crippen molar-refractivity contribution >= 4 is 44.6 Å². The number of carbonyl (C=O) groups excluding carboxylic acids is 1. The molecule has 3 aromatic rings. The largest absolute Gasteiger partial charge is 0.508 e. The smallest absolute Gasteiger partial charge is 0.264 e. The second kappa shape index (κ2) is 8.93. The number of nitrogens with zero attached hydrogens (tertiary/aromatic N) is 1. The summed E-state index contributed by atoms with van der Waals surface area (Å²) in [6, 6.07) is 20.5. The Kier molecular flexibility index (Phi) is 6.34. The Hall–Kier alpha value is -3.43. The first-order valence-electron chi connectivity index (χ1n) is 8.83. The van der Waals surface area contributed by atoms with Crippen LogP contribution in [0.15, 0.2) is 83.8 Å². The number of phenols is 1. The number of anilines is 2. The van der Waals surface area contributed by atoms with Crippen molar-refractivity contribution in [3.63, 3.8) is 0 Å². The molecule has 0 unspecified atom stereocenters. The van der Waals surface area contributed by atoms with Crippen molar-refractivity contribution < 1.29 is 18.3 Å². The van der Waals surface area contributed by atoms with Gasteiger partial charge in [-0.25, -0.2) is 8.42 Å². The van der Waals surface area contributed by atoms with Crippen molar-refractivity contribution in [1.82, 2.24) is 5.32 Å². The van der Waals surface area contributed by atoms with Crippen molar-refractivity contribution in [2.24, 2.45) is 0 Å². The van der Waals surface area contributed by atoms with Crippen LogP contribution >= 0.6 is 12.2 Å². The van der Waals surface area contributed by atoms with Gasteiger partial charge in [-0.2, -0.15) is 0 Å². The SMILES string of the molecule is CN(c1ccccc1)S(=O)(=O)c1ccc(NC(=S)NC(=O)c2ccc(O)cc2)cc1. The molecule has 0 aliphatic rings. The molecule has 30 heavy (non-hydrogen) atoms. The fourth-order valence-corrected chi connectivity index (χ4v) is 4.00. The van der Waals surface area contributed by atoms with E-state index in [0.717, 1.165) is 0 Å². The lowest BCUT2D eigenvalue weighted by Gasteiger charge is -2.19. The maximum Gasteiger partial charge on any atom is 0.264 e. The number of sulfonamides is 1. The van der Waals surface area contributed by atoms with E-state index in [4.69, 9.17) is 12.2 Å². The number of hydrogen-bond acceptors (Lipinski definition) is 5. The van der Waals surface area contributed by atoms with Crippen LogP contribution in [0.2, 0.25) is 0 Å². The van der Waals surface area contributed by atoms with Gasteiger partial charge in [0.25, 0.3) is 15.9 Å². The zero-order valence-electron chi connectivity index (χ0n) is 15.9. The molecule has 0 spiro atoms. The van der Waals surface area contributed by atoms with E-state index in [1.165, 1.54) is 47.8 Å². The van der Waals surface area contributed by atoms with Gasteiger partial charge in [-0.1, -0.05) is 18.2 Å². The molecule has 3 rings (SSSR count). The summed E-state index contributed by atoms with van der Waals surface area (Å²) in [6.07, 6.45) is 0. The van der Waals surface area contributed by atoms with E-state index in [1.807, 2.05) is 6.07 Å². The molecule has 0 heterocycles. The summed E-state index contributed by atoms with van der Waals surface area (Å²) < 4.78 is 26.8. The van der Waals surface area contributed by atoms with Crippen LogP contribution < -0.4 is 14.9 Å². The normalized spacial score (nSPS) is 10.8. The summed E-state index contributed by atoms with van der Waals surface area (Å²) in [7, 11) is -2.22. The molecule has 0 radical (unpaired) electrons. The highest BCUT2D eigenvalue weighted by atomic mass is 32.2. The predicted molar refractivity (Wildman–Crippen MR) is 120 cm³/mol. The van der Waals surface area contributed by atoms with Gasteiger partial charge in [-0.3, -0.25) is 14.4 Å². The minimum atomic E-state index is -3.71. The highest BCUT2D eigenvalue weighted by Gasteiger charge is 2.21. The third kappa shape index (κ3) is 4.94. The van der Waals surface area contributed by atoms with Crippen molar-refractivity contribution in [3.8, 4) is 5.75 Å². The summed E-state index contributed by atoms with van der Waals surface area (Å²) in [5, 5.41) is 14.7. The quantitative estimate of drug-likeness (QED) is 0.525. The van der Waals surface area contributed by atoms with Gasteiger partial charge in [0, 0.05) is 18.3 Å². The average molecular weight is 442 g/mol. The molecule has 7 nitrogen and oxygen atoms in total. The first kappa shape index (κ1) is 21.3. The molecule has 3 N–H and O–H groups in total. The Morgan fingerprint density at radius 2 is 1.53 bits per heavy atom. The van der Waals surface area contributed by atoms with Gasteiger partial charge in [-0.05, 0) is 72.9 Å². The summed E-state index contributed by atoms with van der Waals surface area (Å²) in [5.74, 6) is -0.378. The van der Waals surface area contributed by atoms with E-state index in [9.17, 15) is 18.3 Å². The number of para-hydroxylation sites is 1. The van der Waals surface area contributed by atoms with Crippen molar-refractivity contribution in [3.05, 3.63) is 84.4 Å². The van der Waals surface area contributed by atoms with Gasteiger partial charge in [0.15, 0.2) is 5.11 Å². The van der Waals surface area contributed by atoms with E-state index >= 15 is 0 Å². The van der Waals surface area contributed by atoms with Crippen LogP contribution in [0.3, 0.4) is 0 Å². The van der Waals surface area contributed by atoms with E-state index in [1.54, 1.807) is 36.4 Å². The first-order valence-corrected chi connectivity index (χ1v) is 10.7. The molecule has 0 atom stereocenters. The molecule has 154 valence electrons. The molecule has 0 fully saturated rings. The lowest BCUT2D eigenvalue weighted by molar-refractivity contribution is 0.0977. The third-order valence-electron chi connectivity index (χ3n) is 4.25. The maximum absolute atomic E-state index is 12.8. The Morgan fingerprint density at radius 1 is 0.933 bits per heavy atom. The molecule has 0 saturated carbocycles. The predicted octanol–water partition coefficient (Wildman–Crippen LogP) is 3.34. The number of nitrogens with one attached hydrogen (secondary N) is 2. The lowest BCUT2D eigenvalue weighted by atomic mass is 10.2. The Labute approximate surface area is 180 Å². The van der Waals surface area contributed by atoms with Gasteiger partial charge in [0.1, 0.15) is 5.75 Å². The van der Waals surface area contributed by atoms with Crippen LogP contribution in [0.5, 0.6) is 5.75 Å². The molecule has 0 saturated heterocycles. The molecular weight excluding hydrogens is 422 g/mol. The van der Waals surface area contributed by atoms with Crippen molar-refractivity contribution in [2.75, 3.05) is 16.7 Å². The van der Waals surface area contributed by atoms with Gasteiger partial charge < -0.3 is 10.4 Å². The Bertz CT molecular complexity index is 1150. The van der Waals surface area contributed by atoms with E-state index in [2.05, 4.69) is 10.6 Å². The van der Waals surface area contributed by atoms with E-state index in [0.29, 0.717) is 16.9 Å². The molecule has 3 aromatic carbocycles. The van der Waals surface area contributed by atoms with Crippen LogP contribution in [-0.4, -0.2) is 31.6 Å². The zero-order valence-corrected chi connectivity index (χ0v) is 17.6. The second-order valence-corrected chi connectivity index (χ2v) is 8.67. The monoisotopic (exact) mass is 441 g/mol. The molecule has 9 heteroatoms. The number of amides is 1. The number of phenolic OH excluding ortho intramolecular Hbond substituents is 1. The van der Waals surface area contributed by atoms with Crippen LogP contribution in [0.4, 0.5) is 11.4 Å². The first-order chi connectivity index (χ1) is 14.3. The Balaban J connectivity index is 1.66. The van der Waals surface area contributed by atoms with Crippen LogP contribution in [0.1, 0.15) is 10.4 Å². The standard InChI is InChI=1S/C21H19N3O4S2/c1-24(17-5-3-2-4-6-17)30(27,28)19-13-9-16(10-14-19)22-21(29)23-20(26)15-7-11-18(25)12-8-15/h2-14,25H,1H3,(H2,22,23,26,29). The average Bonchev–Trinajstić information content (AvgIpc) is 2.74. The van der Waals surface area contributed by atoms with Crippen molar-refractivity contribution in [1.29, 1.82) is 0 Å². The van der Waals surface area contributed by atoms with Crippen LogP contribution in [0, 0.1) is 0 Å². The molecule has 0 bridgehead atoms. The molecule has 0 aliphatic heterocycles. The summed E-state index contributed by atoms with van der Waals surface area (Å²) in [6.45, 7) is 0. The van der Waals surface area contributed by atoms with E-state index < -0.39 is 15.9 Å². The summed E-state index contributed by atoms with van der Waals surface area (Å²) >= 11 is 5.13. The summed E-state index contributed by atoms with van der Waals surface area (Å²) in [4.78, 5) is 12.3. The molecule has 0 aliphatic carbocycles. The van der Waals surface area contributed by atoms with Gasteiger partial charge >= 0.3 is 0 Å². The van der Waals surface area contributed by atoms with E-state index in [-0.39, 0.29) is 15.8 Å². The number of thiocarbonyl (C=S) groups is 1. The van der Waals surface area contributed by atoms with Crippen LogP contribution in [0.25, 0.3) is 0 Å². The van der Waals surface area contributed by atoms with Gasteiger partial charge in [-0.15, -0.1) is 0 Å². The number of hydrogen-bond donors (Lipinski definition) is 3. The highest BCUT2D eigenvalue weighted by Crippen LogP contribution is 2.22. The molecular formula is C21H19N3O4S2. The number of aromatic hydroxyl groups is 1. The molecule has 0 aromatic heterocycles. The van der Waals surface area contributed by atoms with Gasteiger partial charge in [0.05, 0.1) is 10.6 Å². The van der Waals surface area contributed by atoms with Crippen molar-refractivity contribution in [2.45, 2.75) is 4.90 Å². The lowest BCUT2D eigenvalue weighted by Crippen LogP contribution is -2.34.